The number of hydrogen-bond donors (Lipinski definition) is 1. The SMILES string of the molecule is Cc1nc(CC2CCN(C(=O)Cc3c(C)nc(C)[nH]c3=O)CC2)cc(N2CCCCC2)n1. The summed E-state index contributed by atoms with van der Waals surface area (Å²) in [6, 6.07) is 2.16. The molecule has 0 aliphatic carbocycles. The van der Waals surface area contributed by atoms with Gasteiger partial charge >= 0.3 is 0 Å². The topological polar surface area (TPSA) is 95.1 Å². The maximum atomic E-state index is 12.8. The molecule has 8 heteroatoms. The van der Waals surface area contributed by atoms with Crippen LogP contribution in [0.25, 0.3) is 0 Å². The molecule has 2 saturated heterocycles. The van der Waals surface area contributed by atoms with Gasteiger partial charge in [-0.15, -0.1) is 0 Å². The molecule has 2 aromatic heterocycles. The van der Waals surface area contributed by atoms with Crippen LogP contribution in [0.4, 0.5) is 5.82 Å². The second-order valence-electron chi connectivity index (χ2n) is 9.23. The molecule has 8 nitrogen and oxygen atoms in total. The number of likely N-dealkylation sites (tertiary alicyclic amines) is 1. The van der Waals surface area contributed by atoms with E-state index in [0.29, 0.717) is 23.0 Å². The van der Waals surface area contributed by atoms with Gasteiger partial charge < -0.3 is 14.8 Å². The monoisotopic (exact) mass is 438 g/mol. The van der Waals surface area contributed by atoms with Crippen LogP contribution in [0.2, 0.25) is 0 Å². The molecule has 0 radical (unpaired) electrons. The zero-order chi connectivity index (χ0) is 22.7. The molecular weight excluding hydrogens is 404 g/mol. The molecule has 0 bridgehead atoms. The van der Waals surface area contributed by atoms with Crippen molar-refractivity contribution >= 4 is 11.7 Å². The molecule has 1 N–H and O–H groups in total. The lowest BCUT2D eigenvalue weighted by Gasteiger charge is -2.32. The first-order valence-corrected chi connectivity index (χ1v) is 11.8. The third kappa shape index (κ3) is 5.34. The van der Waals surface area contributed by atoms with Crippen LogP contribution in [0, 0.1) is 26.7 Å². The van der Waals surface area contributed by atoms with Crippen LogP contribution in [-0.2, 0) is 17.6 Å². The van der Waals surface area contributed by atoms with Gasteiger partial charge in [-0.2, -0.15) is 0 Å². The van der Waals surface area contributed by atoms with E-state index in [9.17, 15) is 9.59 Å². The molecule has 0 spiro atoms. The number of aryl methyl sites for hydroxylation is 3. The molecule has 32 heavy (non-hydrogen) atoms. The average Bonchev–Trinajstić information content (AvgIpc) is 2.77. The minimum atomic E-state index is -0.207. The van der Waals surface area contributed by atoms with Crippen LogP contribution in [0.15, 0.2) is 10.9 Å². The van der Waals surface area contributed by atoms with E-state index < -0.39 is 0 Å². The zero-order valence-electron chi connectivity index (χ0n) is 19.5. The van der Waals surface area contributed by atoms with Crippen LogP contribution in [-0.4, -0.2) is 56.9 Å². The fraction of sp³-hybridized carbons (Fsp3) is 0.625. The minimum absolute atomic E-state index is 0.00738. The van der Waals surface area contributed by atoms with Crippen LogP contribution in [0.1, 0.15) is 60.7 Å². The number of amides is 1. The van der Waals surface area contributed by atoms with E-state index in [1.165, 1.54) is 19.3 Å². The van der Waals surface area contributed by atoms with Crippen LogP contribution < -0.4 is 10.5 Å². The van der Waals surface area contributed by atoms with Crippen molar-refractivity contribution in [3.8, 4) is 0 Å². The highest BCUT2D eigenvalue weighted by Crippen LogP contribution is 2.24. The molecule has 0 saturated carbocycles. The largest absolute Gasteiger partial charge is 0.357 e. The van der Waals surface area contributed by atoms with Gasteiger partial charge in [-0.25, -0.2) is 15.0 Å². The summed E-state index contributed by atoms with van der Waals surface area (Å²) in [5.41, 5.74) is 2.01. The highest BCUT2D eigenvalue weighted by molar-refractivity contribution is 5.79. The molecule has 2 aliphatic heterocycles. The van der Waals surface area contributed by atoms with Crippen molar-refractivity contribution in [3.63, 3.8) is 0 Å². The molecule has 2 fully saturated rings. The maximum absolute atomic E-state index is 12.8. The molecule has 0 aromatic carbocycles. The summed E-state index contributed by atoms with van der Waals surface area (Å²) in [5.74, 6) is 2.99. The smallest absolute Gasteiger partial charge is 0.254 e. The quantitative estimate of drug-likeness (QED) is 0.771. The molecule has 4 rings (SSSR count). The Morgan fingerprint density at radius 3 is 2.44 bits per heavy atom. The summed E-state index contributed by atoms with van der Waals surface area (Å²) >= 11 is 0. The zero-order valence-corrected chi connectivity index (χ0v) is 19.5. The Kier molecular flexibility index (Phi) is 6.86. The number of nitrogens with zero attached hydrogens (tertiary/aromatic N) is 5. The molecule has 0 unspecified atom stereocenters. The minimum Gasteiger partial charge on any atom is -0.357 e. The third-order valence-electron chi connectivity index (χ3n) is 6.69. The van der Waals surface area contributed by atoms with E-state index in [1.807, 2.05) is 11.8 Å². The summed E-state index contributed by atoms with van der Waals surface area (Å²) in [6.45, 7) is 9.12. The Balaban J connectivity index is 1.34. The first kappa shape index (κ1) is 22.4. The maximum Gasteiger partial charge on any atom is 0.254 e. The van der Waals surface area contributed by atoms with Gasteiger partial charge in [0.2, 0.25) is 5.91 Å². The molecule has 1 amide bonds. The Labute approximate surface area is 189 Å². The van der Waals surface area contributed by atoms with Gasteiger partial charge in [0, 0.05) is 49.2 Å². The summed E-state index contributed by atoms with van der Waals surface area (Å²) in [7, 11) is 0. The molecule has 172 valence electrons. The predicted octanol–water partition coefficient (Wildman–Crippen LogP) is 2.50. The fourth-order valence-corrected chi connectivity index (χ4v) is 4.91. The Hall–Kier alpha value is -2.77. The number of piperidine rings is 2. The van der Waals surface area contributed by atoms with Crippen molar-refractivity contribution in [2.75, 3.05) is 31.1 Å². The van der Waals surface area contributed by atoms with E-state index in [1.54, 1.807) is 13.8 Å². The average molecular weight is 439 g/mol. The summed E-state index contributed by atoms with van der Waals surface area (Å²) in [6.07, 6.45) is 6.71. The van der Waals surface area contributed by atoms with Gasteiger partial charge in [-0.1, -0.05) is 0 Å². The normalized spacial score (nSPS) is 17.6. The number of nitrogens with one attached hydrogen (secondary N) is 1. The Morgan fingerprint density at radius 1 is 1.03 bits per heavy atom. The number of rotatable bonds is 5. The van der Waals surface area contributed by atoms with E-state index in [-0.39, 0.29) is 17.9 Å². The van der Waals surface area contributed by atoms with Gasteiger partial charge in [0.15, 0.2) is 0 Å². The van der Waals surface area contributed by atoms with Crippen LogP contribution in [0.3, 0.4) is 0 Å². The molecular formula is C24H34N6O2. The fourth-order valence-electron chi connectivity index (χ4n) is 4.91. The second-order valence-corrected chi connectivity index (χ2v) is 9.23. The van der Waals surface area contributed by atoms with Crippen LogP contribution in [0.5, 0.6) is 0 Å². The standard InChI is InChI=1S/C24H34N6O2/c1-16-21(24(32)28-17(2)25-16)15-23(31)30-11-7-19(8-12-30)13-20-14-22(27-18(3)26-20)29-9-5-4-6-10-29/h14,19H,4-13,15H2,1-3H3,(H,25,28,32). The lowest BCUT2D eigenvalue weighted by atomic mass is 9.91. The molecule has 0 atom stereocenters. The van der Waals surface area contributed by atoms with Gasteiger partial charge in [0.05, 0.1) is 6.42 Å². The molecule has 2 aliphatic rings. The van der Waals surface area contributed by atoms with Crippen molar-refractivity contribution in [2.24, 2.45) is 5.92 Å². The van der Waals surface area contributed by atoms with Crippen molar-refractivity contribution in [1.29, 1.82) is 0 Å². The lowest BCUT2D eigenvalue weighted by Crippen LogP contribution is -2.40. The van der Waals surface area contributed by atoms with Crippen LogP contribution >= 0.6 is 0 Å². The number of anilines is 1. The highest BCUT2D eigenvalue weighted by atomic mass is 16.2. The number of aromatic nitrogens is 4. The summed E-state index contributed by atoms with van der Waals surface area (Å²) < 4.78 is 0. The lowest BCUT2D eigenvalue weighted by molar-refractivity contribution is -0.131. The number of aromatic amines is 1. The van der Waals surface area contributed by atoms with Crippen molar-refractivity contribution in [2.45, 2.75) is 65.7 Å². The number of carbonyl (C=O) groups is 1. The molecule has 2 aromatic rings. The Morgan fingerprint density at radius 2 is 1.75 bits per heavy atom. The number of carbonyl (C=O) groups excluding carboxylic acids is 1. The van der Waals surface area contributed by atoms with E-state index >= 15 is 0 Å². The Bertz CT molecular complexity index is 1020. The predicted molar refractivity (Wildman–Crippen MR) is 124 cm³/mol. The summed E-state index contributed by atoms with van der Waals surface area (Å²) in [4.78, 5) is 45.7. The van der Waals surface area contributed by atoms with Crippen molar-refractivity contribution in [1.82, 2.24) is 24.8 Å². The van der Waals surface area contributed by atoms with E-state index in [2.05, 4.69) is 25.9 Å². The summed E-state index contributed by atoms with van der Waals surface area (Å²) in [5, 5.41) is 0. The first-order valence-electron chi connectivity index (χ1n) is 11.8. The number of hydrogen-bond acceptors (Lipinski definition) is 6. The van der Waals surface area contributed by atoms with E-state index in [0.717, 1.165) is 62.8 Å². The van der Waals surface area contributed by atoms with E-state index in [4.69, 9.17) is 4.98 Å². The second kappa shape index (κ2) is 9.79. The van der Waals surface area contributed by atoms with Crippen molar-refractivity contribution < 1.29 is 4.79 Å². The van der Waals surface area contributed by atoms with Gasteiger partial charge in [-0.05, 0) is 65.2 Å². The van der Waals surface area contributed by atoms with Gasteiger partial charge in [0.1, 0.15) is 17.5 Å². The van der Waals surface area contributed by atoms with Gasteiger partial charge in [-0.3, -0.25) is 9.59 Å². The third-order valence-corrected chi connectivity index (χ3v) is 6.69. The first-order chi connectivity index (χ1) is 15.4. The van der Waals surface area contributed by atoms with Crippen molar-refractivity contribution in [3.05, 3.63) is 45.0 Å². The number of H-pyrrole nitrogens is 1. The molecule has 4 heterocycles. The highest BCUT2D eigenvalue weighted by Gasteiger charge is 2.25. The van der Waals surface area contributed by atoms with Gasteiger partial charge in [0.25, 0.3) is 5.56 Å².